The van der Waals surface area contributed by atoms with Gasteiger partial charge in [-0.2, -0.15) is 0 Å². The highest BCUT2D eigenvalue weighted by atomic mass is 16.3. The van der Waals surface area contributed by atoms with Gasteiger partial charge in [0, 0.05) is 0 Å². The van der Waals surface area contributed by atoms with Crippen molar-refractivity contribution in [3.8, 4) is 0 Å². The number of aliphatic hydroxyl groups excluding tert-OH is 4. The first-order valence-electron chi connectivity index (χ1n) is 4.23. The van der Waals surface area contributed by atoms with Crippen LogP contribution in [0.2, 0.25) is 0 Å². The number of unbranched alkanes of at least 4 members (excludes halogenated alkanes) is 1. The monoisotopic (exact) mass is 180 g/mol. The zero-order valence-corrected chi connectivity index (χ0v) is 7.61. The van der Waals surface area contributed by atoms with Crippen molar-refractivity contribution < 1.29 is 20.4 Å². The van der Waals surface area contributed by atoms with Gasteiger partial charge >= 0.3 is 0 Å². The minimum absolute atomic E-state index is 0.0972. The second kappa shape index (κ2) is 13.4. The average molecular weight is 180 g/mol. The van der Waals surface area contributed by atoms with Crippen LogP contribution in [0.5, 0.6) is 0 Å². The molecule has 76 valence electrons. The highest BCUT2D eigenvalue weighted by molar-refractivity contribution is 4.50. The van der Waals surface area contributed by atoms with Gasteiger partial charge in [0.1, 0.15) is 0 Å². The minimum atomic E-state index is -0.491. The van der Waals surface area contributed by atoms with E-state index in [9.17, 15) is 0 Å². The summed E-state index contributed by atoms with van der Waals surface area (Å²) in [5.41, 5.74) is 0. The Morgan fingerprint density at radius 1 is 1.08 bits per heavy atom. The van der Waals surface area contributed by atoms with E-state index in [-0.39, 0.29) is 19.8 Å². The molecule has 0 aromatic heterocycles. The molecular formula is C8H20O4. The van der Waals surface area contributed by atoms with Crippen LogP contribution in [-0.2, 0) is 0 Å². The van der Waals surface area contributed by atoms with Crippen LogP contribution in [0.25, 0.3) is 0 Å². The fraction of sp³-hybridized carbons (Fsp3) is 1.00. The van der Waals surface area contributed by atoms with Crippen molar-refractivity contribution in [3.63, 3.8) is 0 Å². The Labute approximate surface area is 73.5 Å². The topological polar surface area (TPSA) is 80.9 Å². The predicted octanol–water partition coefficient (Wildman–Crippen LogP) is -0.499. The van der Waals surface area contributed by atoms with E-state index in [4.69, 9.17) is 20.4 Å². The molecular weight excluding hydrogens is 160 g/mol. The molecule has 1 atom stereocenters. The van der Waals surface area contributed by atoms with E-state index in [1.54, 1.807) is 0 Å². The van der Waals surface area contributed by atoms with Crippen molar-refractivity contribution in [3.05, 3.63) is 0 Å². The molecule has 0 fully saturated rings. The molecule has 0 saturated carbocycles. The SMILES string of the molecule is CCCCC(O)CO.OCCO. The molecule has 0 saturated heterocycles. The normalized spacial score (nSPS) is 11.8. The van der Waals surface area contributed by atoms with Crippen LogP contribution < -0.4 is 0 Å². The molecule has 4 N–H and O–H groups in total. The summed E-state index contributed by atoms with van der Waals surface area (Å²) < 4.78 is 0. The van der Waals surface area contributed by atoms with Crippen LogP contribution in [0, 0.1) is 0 Å². The lowest BCUT2D eigenvalue weighted by atomic mass is 10.2. The molecule has 12 heavy (non-hydrogen) atoms. The molecule has 0 aliphatic carbocycles. The molecule has 0 aliphatic heterocycles. The van der Waals surface area contributed by atoms with Gasteiger partial charge in [0.05, 0.1) is 25.9 Å². The Morgan fingerprint density at radius 3 is 1.83 bits per heavy atom. The third-order valence-corrected chi connectivity index (χ3v) is 1.20. The fourth-order valence-corrected chi connectivity index (χ4v) is 0.531. The summed E-state index contributed by atoms with van der Waals surface area (Å²) in [5.74, 6) is 0. The van der Waals surface area contributed by atoms with E-state index < -0.39 is 6.10 Å². The van der Waals surface area contributed by atoms with E-state index in [0.29, 0.717) is 0 Å². The third-order valence-electron chi connectivity index (χ3n) is 1.20. The summed E-state index contributed by atoms with van der Waals surface area (Å²) in [7, 11) is 0. The molecule has 0 aromatic carbocycles. The summed E-state index contributed by atoms with van der Waals surface area (Å²) in [6.07, 6.45) is 2.32. The summed E-state index contributed by atoms with van der Waals surface area (Å²) in [4.78, 5) is 0. The molecule has 0 bridgehead atoms. The first kappa shape index (κ1) is 14.4. The second-order valence-corrected chi connectivity index (χ2v) is 2.43. The summed E-state index contributed by atoms with van der Waals surface area (Å²) in [6, 6.07) is 0. The van der Waals surface area contributed by atoms with Crippen molar-refractivity contribution in [2.24, 2.45) is 0 Å². The fourth-order valence-electron chi connectivity index (χ4n) is 0.531. The Bertz CT molecular complexity index is 66.1. The highest BCUT2D eigenvalue weighted by Gasteiger charge is 1.97. The van der Waals surface area contributed by atoms with Gasteiger partial charge in [-0.05, 0) is 6.42 Å². The molecule has 0 aliphatic rings. The summed E-state index contributed by atoms with van der Waals surface area (Å²) in [5, 5.41) is 32.3. The maximum absolute atomic E-state index is 8.74. The lowest BCUT2D eigenvalue weighted by Crippen LogP contribution is -2.10. The largest absolute Gasteiger partial charge is 0.394 e. The first-order chi connectivity index (χ1) is 5.72. The average Bonchev–Trinajstić information content (AvgIpc) is 2.14. The molecule has 4 heteroatoms. The third kappa shape index (κ3) is 16.4. The Morgan fingerprint density at radius 2 is 1.58 bits per heavy atom. The maximum Gasteiger partial charge on any atom is 0.0770 e. The van der Waals surface area contributed by atoms with Gasteiger partial charge in [0.25, 0.3) is 0 Å². The van der Waals surface area contributed by atoms with Crippen molar-refractivity contribution >= 4 is 0 Å². The molecule has 0 amide bonds. The molecule has 0 spiro atoms. The first-order valence-corrected chi connectivity index (χ1v) is 4.23. The molecule has 1 unspecified atom stereocenters. The number of rotatable bonds is 5. The maximum atomic E-state index is 8.74. The van der Waals surface area contributed by atoms with Gasteiger partial charge < -0.3 is 20.4 Å². The van der Waals surface area contributed by atoms with Crippen LogP contribution in [-0.4, -0.2) is 46.4 Å². The smallest absolute Gasteiger partial charge is 0.0770 e. The van der Waals surface area contributed by atoms with Crippen LogP contribution >= 0.6 is 0 Å². The molecule has 0 heterocycles. The quantitative estimate of drug-likeness (QED) is 0.460. The zero-order valence-electron chi connectivity index (χ0n) is 7.61. The van der Waals surface area contributed by atoms with Gasteiger partial charge in [0.2, 0.25) is 0 Å². The van der Waals surface area contributed by atoms with Crippen molar-refractivity contribution in [2.75, 3.05) is 19.8 Å². The van der Waals surface area contributed by atoms with Gasteiger partial charge in [-0.15, -0.1) is 0 Å². The molecule has 0 rings (SSSR count). The summed E-state index contributed by atoms with van der Waals surface area (Å²) in [6.45, 7) is 1.71. The summed E-state index contributed by atoms with van der Waals surface area (Å²) >= 11 is 0. The van der Waals surface area contributed by atoms with Crippen LogP contribution in [0.4, 0.5) is 0 Å². The van der Waals surface area contributed by atoms with E-state index in [2.05, 4.69) is 6.92 Å². The van der Waals surface area contributed by atoms with Crippen molar-refractivity contribution in [1.82, 2.24) is 0 Å². The lowest BCUT2D eigenvalue weighted by molar-refractivity contribution is 0.0865. The number of hydrogen-bond acceptors (Lipinski definition) is 4. The van der Waals surface area contributed by atoms with E-state index in [1.807, 2.05) is 0 Å². The second-order valence-electron chi connectivity index (χ2n) is 2.43. The Kier molecular flexibility index (Phi) is 16.1. The van der Waals surface area contributed by atoms with Gasteiger partial charge in [0.15, 0.2) is 0 Å². The van der Waals surface area contributed by atoms with E-state index >= 15 is 0 Å². The van der Waals surface area contributed by atoms with Crippen LogP contribution in [0.15, 0.2) is 0 Å². The van der Waals surface area contributed by atoms with E-state index in [1.165, 1.54) is 0 Å². The van der Waals surface area contributed by atoms with Gasteiger partial charge in [-0.3, -0.25) is 0 Å². The molecule has 0 aromatic rings. The van der Waals surface area contributed by atoms with Crippen molar-refractivity contribution in [1.29, 1.82) is 0 Å². The lowest BCUT2D eigenvalue weighted by Gasteiger charge is -2.02. The molecule has 0 radical (unpaired) electrons. The minimum Gasteiger partial charge on any atom is -0.394 e. The van der Waals surface area contributed by atoms with Crippen LogP contribution in [0.1, 0.15) is 26.2 Å². The Balaban J connectivity index is 0. The highest BCUT2D eigenvalue weighted by Crippen LogP contribution is 1.97. The van der Waals surface area contributed by atoms with Crippen molar-refractivity contribution in [2.45, 2.75) is 32.3 Å². The van der Waals surface area contributed by atoms with Gasteiger partial charge in [-0.1, -0.05) is 19.8 Å². The molecule has 4 nitrogen and oxygen atoms in total. The van der Waals surface area contributed by atoms with Crippen LogP contribution in [0.3, 0.4) is 0 Å². The number of hydrogen-bond donors (Lipinski definition) is 4. The predicted molar refractivity (Wildman–Crippen MR) is 46.8 cm³/mol. The Hall–Kier alpha value is -0.160. The van der Waals surface area contributed by atoms with Gasteiger partial charge in [-0.25, -0.2) is 0 Å². The number of aliphatic hydroxyl groups is 4. The van der Waals surface area contributed by atoms with E-state index in [0.717, 1.165) is 19.3 Å². The zero-order chi connectivity index (χ0) is 9.82. The standard InChI is InChI=1S/C6H14O2.C2H6O2/c1-2-3-4-6(8)5-7;3-1-2-4/h6-8H,2-5H2,1H3;3-4H,1-2H2.